The van der Waals surface area contributed by atoms with Gasteiger partial charge in [0.15, 0.2) is 5.78 Å². The molecule has 0 radical (unpaired) electrons. The first-order valence-corrected chi connectivity index (χ1v) is 8.58. The molecule has 132 valence electrons. The molecule has 2 aliphatic rings. The Labute approximate surface area is 149 Å². The largest absolute Gasteiger partial charge is 0.329 e. The van der Waals surface area contributed by atoms with Gasteiger partial charge in [-0.05, 0) is 47.7 Å². The number of hydrogen-bond donors (Lipinski definition) is 1. The first kappa shape index (κ1) is 16.6. The highest BCUT2D eigenvalue weighted by Gasteiger charge is 2.38. The molecule has 1 amide bonds. The van der Waals surface area contributed by atoms with E-state index in [-0.39, 0.29) is 41.6 Å². The molecular formula is C21H17F2NO2. The summed E-state index contributed by atoms with van der Waals surface area (Å²) in [4.78, 5) is 25.1. The molecule has 5 heteroatoms. The topological polar surface area (TPSA) is 46.2 Å². The van der Waals surface area contributed by atoms with Gasteiger partial charge in [0.25, 0.3) is 0 Å². The van der Waals surface area contributed by atoms with Crippen molar-refractivity contribution >= 4 is 11.7 Å². The van der Waals surface area contributed by atoms with E-state index >= 15 is 0 Å². The average Bonchev–Trinajstić information content (AvgIpc) is 2.62. The van der Waals surface area contributed by atoms with E-state index in [4.69, 9.17) is 0 Å². The summed E-state index contributed by atoms with van der Waals surface area (Å²) in [6, 6.07) is 12.1. The molecule has 26 heavy (non-hydrogen) atoms. The van der Waals surface area contributed by atoms with Gasteiger partial charge in [0.2, 0.25) is 5.91 Å². The van der Waals surface area contributed by atoms with Crippen molar-refractivity contribution in [3.8, 4) is 0 Å². The van der Waals surface area contributed by atoms with Gasteiger partial charge in [0, 0.05) is 30.0 Å². The first-order chi connectivity index (χ1) is 12.5. The van der Waals surface area contributed by atoms with E-state index in [1.807, 2.05) is 0 Å². The molecule has 0 saturated heterocycles. The number of benzene rings is 2. The summed E-state index contributed by atoms with van der Waals surface area (Å²) in [5, 5.41) is 2.84. The number of halogens is 2. The van der Waals surface area contributed by atoms with Crippen LogP contribution in [0.1, 0.15) is 42.2 Å². The number of rotatable bonds is 2. The van der Waals surface area contributed by atoms with Gasteiger partial charge in [-0.15, -0.1) is 0 Å². The molecule has 1 aliphatic carbocycles. The molecule has 1 N–H and O–H groups in total. The van der Waals surface area contributed by atoms with Gasteiger partial charge in [-0.25, -0.2) is 8.78 Å². The SMILES string of the molecule is O=C1C[C@@H](c2ccc(F)cc2)C2=C(C[C@@H](c3ccc(F)cc3)CC2=O)N1. The summed E-state index contributed by atoms with van der Waals surface area (Å²) in [5.41, 5.74) is 2.91. The number of carbonyl (C=O) groups excluding carboxylic acids is 2. The summed E-state index contributed by atoms with van der Waals surface area (Å²) in [5.74, 6) is -1.27. The highest BCUT2D eigenvalue weighted by Crippen LogP contribution is 2.42. The maximum Gasteiger partial charge on any atom is 0.225 e. The third-order valence-electron chi connectivity index (χ3n) is 5.15. The molecule has 0 unspecified atom stereocenters. The predicted octanol–water partition coefficient (Wildman–Crippen LogP) is 3.97. The summed E-state index contributed by atoms with van der Waals surface area (Å²) in [6.45, 7) is 0. The van der Waals surface area contributed by atoms with Crippen molar-refractivity contribution in [3.05, 3.63) is 82.6 Å². The van der Waals surface area contributed by atoms with Gasteiger partial charge in [0.05, 0.1) is 0 Å². The molecule has 0 spiro atoms. The number of allylic oxidation sites excluding steroid dienone is 2. The van der Waals surface area contributed by atoms with Crippen molar-refractivity contribution in [1.82, 2.24) is 5.32 Å². The van der Waals surface area contributed by atoms with Gasteiger partial charge >= 0.3 is 0 Å². The number of ketones is 1. The van der Waals surface area contributed by atoms with Crippen LogP contribution in [0.2, 0.25) is 0 Å². The zero-order valence-electron chi connectivity index (χ0n) is 14.0. The number of amides is 1. The van der Waals surface area contributed by atoms with Crippen molar-refractivity contribution in [2.45, 2.75) is 31.1 Å². The summed E-state index contributed by atoms with van der Waals surface area (Å²) in [6.07, 6.45) is 1.02. The molecule has 0 bridgehead atoms. The van der Waals surface area contributed by atoms with Crippen LogP contribution in [0.4, 0.5) is 8.78 Å². The normalized spacial score (nSPS) is 22.8. The molecule has 0 fully saturated rings. The molecule has 2 atom stereocenters. The van der Waals surface area contributed by atoms with Crippen LogP contribution in [0.5, 0.6) is 0 Å². The minimum Gasteiger partial charge on any atom is -0.329 e. The van der Waals surface area contributed by atoms with Crippen molar-refractivity contribution in [1.29, 1.82) is 0 Å². The van der Waals surface area contributed by atoms with E-state index in [1.165, 1.54) is 24.3 Å². The molecule has 0 saturated carbocycles. The Hall–Kier alpha value is -2.82. The Balaban J connectivity index is 1.70. The van der Waals surface area contributed by atoms with E-state index in [1.54, 1.807) is 24.3 Å². The van der Waals surface area contributed by atoms with E-state index in [0.29, 0.717) is 24.1 Å². The lowest BCUT2D eigenvalue weighted by Gasteiger charge is -2.34. The maximum atomic E-state index is 13.2. The predicted molar refractivity (Wildman–Crippen MR) is 92.3 cm³/mol. The third-order valence-corrected chi connectivity index (χ3v) is 5.15. The van der Waals surface area contributed by atoms with Crippen molar-refractivity contribution in [2.24, 2.45) is 0 Å². The second-order valence-corrected chi connectivity index (χ2v) is 6.83. The summed E-state index contributed by atoms with van der Waals surface area (Å²) >= 11 is 0. The molecule has 2 aromatic carbocycles. The molecule has 2 aromatic rings. The molecule has 1 aliphatic heterocycles. The fraction of sp³-hybridized carbons (Fsp3) is 0.238. The van der Waals surface area contributed by atoms with Crippen LogP contribution in [-0.2, 0) is 9.59 Å². The minimum atomic E-state index is -0.352. The van der Waals surface area contributed by atoms with Gasteiger partial charge in [0.1, 0.15) is 11.6 Å². The standard InChI is InChI=1S/C21H17F2NO2/c22-15-5-1-12(2-6-15)14-9-18-21(19(25)10-14)17(11-20(26)24-18)13-3-7-16(23)8-4-13/h1-8,14,17H,9-11H2,(H,24,26)/t14-,17+/m1/s1. The highest BCUT2D eigenvalue weighted by atomic mass is 19.1. The number of Topliss-reactive ketones (excluding diaryl/α,β-unsaturated/α-hetero) is 1. The van der Waals surface area contributed by atoms with Gasteiger partial charge in [-0.2, -0.15) is 0 Å². The second-order valence-electron chi connectivity index (χ2n) is 6.83. The quantitative estimate of drug-likeness (QED) is 0.888. The van der Waals surface area contributed by atoms with Crippen LogP contribution in [0.15, 0.2) is 59.8 Å². The minimum absolute atomic E-state index is 0.0186. The van der Waals surface area contributed by atoms with Crippen LogP contribution in [0.3, 0.4) is 0 Å². The van der Waals surface area contributed by atoms with Gasteiger partial charge in [-0.3, -0.25) is 9.59 Å². The Morgan fingerprint density at radius 3 is 1.96 bits per heavy atom. The Kier molecular flexibility index (Phi) is 4.15. The fourth-order valence-electron chi connectivity index (χ4n) is 3.91. The third kappa shape index (κ3) is 3.05. The highest BCUT2D eigenvalue weighted by molar-refractivity contribution is 6.02. The van der Waals surface area contributed by atoms with Crippen molar-refractivity contribution in [3.63, 3.8) is 0 Å². The Bertz CT molecular complexity index is 901. The first-order valence-electron chi connectivity index (χ1n) is 8.58. The molecule has 0 aromatic heterocycles. The number of hydrogen-bond acceptors (Lipinski definition) is 2. The summed E-state index contributed by atoms with van der Waals surface area (Å²) < 4.78 is 26.4. The number of nitrogens with one attached hydrogen (secondary N) is 1. The van der Waals surface area contributed by atoms with E-state index in [0.717, 1.165) is 11.1 Å². The lowest BCUT2D eigenvalue weighted by Crippen LogP contribution is -2.38. The fourth-order valence-corrected chi connectivity index (χ4v) is 3.91. The zero-order valence-corrected chi connectivity index (χ0v) is 14.0. The second kappa shape index (κ2) is 6.48. The monoisotopic (exact) mass is 353 g/mol. The van der Waals surface area contributed by atoms with E-state index in [9.17, 15) is 18.4 Å². The lowest BCUT2D eigenvalue weighted by molar-refractivity contribution is -0.122. The van der Waals surface area contributed by atoms with Crippen LogP contribution in [0.25, 0.3) is 0 Å². The maximum absolute atomic E-state index is 13.2. The average molecular weight is 353 g/mol. The van der Waals surface area contributed by atoms with Crippen molar-refractivity contribution < 1.29 is 18.4 Å². The van der Waals surface area contributed by atoms with Crippen LogP contribution >= 0.6 is 0 Å². The van der Waals surface area contributed by atoms with Crippen LogP contribution < -0.4 is 5.32 Å². The van der Waals surface area contributed by atoms with Gasteiger partial charge in [-0.1, -0.05) is 24.3 Å². The van der Waals surface area contributed by atoms with Crippen LogP contribution in [0, 0.1) is 11.6 Å². The molecule has 4 rings (SSSR count). The van der Waals surface area contributed by atoms with Crippen molar-refractivity contribution in [2.75, 3.05) is 0 Å². The van der Waals surface area contributed by atoms with Gasteiger partial charge < -0.3 is 5.32 Å². The Morgan fingerprint density at radius 1 is 0.769 bits per heavy atom. The van der Waals surface area contributed by atoms with E-state index in [2.05, 4.69) is 5.32 Å². The molecular weight excluding hydrogens is 336 g/mol. The molecule has 3 nitrogen and oxygen atoms in total. The smallest absolute Gasteiger partial charge is 0.225 e. The van der Waals surface area contributed by atoms with Crippen LogP contribution in [-0.4, -0.2) is 11.7 Å². The number of carbonyl (C=O) groups is 2. The Morgan fingerprint density at radius 2 is 1.35 bits per heavy atom. The molecule has 1 heterocycles. The zero-order chi connectivity index (χ0) is 18.3. The lowest BCUT2D eigenvalue weighted by atomic mass is 9.73. The summed E-state index contributed by atoms with van der Waals surface area (Å²) in [7, 11) is 0. The van der Waals surface area contributed by atoms with E-state index < -0.39 is 0 Å².